The molecule has 0 radical (unpaired) electrons. The Morgan fingerprint density at radius 1 is 1.20 bits per heavy atom. The fourth-order valence-corrected chi connectivity index (χ4v) is 3.42. The number of carbonyl (C=O) groups excluding carboxylic acids is 1. The molecule has 2 heterocycles. The average Bonchev–Trinajstić information content (AvgIpc) is 2.93. The second kappa shape index (κ2) is 5.99. The molecule has 0 spiro atoms. The van der Waals surface area contributed by atoms with Crippen LogP contribution in [-0.4, -0.2) is 24.1 Å². The van der Waals surface area contributed by atoms with Crippen LogP contribution in [0, 0.1) is 11.3 Å². The first kappa shape index (κ1) is 15.3. The lowest BCUT2D eigenvalue weighted by Gasteiger charge is -2.11. The highest BCUT2D eigenvalue weighted by atomic mass is 16.5. The maximum absolute atomic E-state index is 12.3. The van der Waals surface area contributed by atoms with E-state index in [-0.39, 0.29) is 5.91 Å². The van der Waals surface area contributed by atoms with Crippen molar-refractivity contribution in [1.29, 1.82) is 5.26 Å². The van der Waals surface area contributed by atoms with Crippen LogP contribution in [-0.2, 0) is 6.54 Å². The summed E-state index contributed by atoms with van der Waals surface area (Å²) < 4.78 is 7.30. The molecule has 1 N–H and O–H groups in total. The van der Waals surface area contributed by atoms with Gasteiger partial charge < -0.3 is 14.6 Å². The van der Waals surface area contributed by atoms with Crippen LogP contribution in [0.4, 0.5) is 0 Å². The Kier molecular flexibility index (Phi) is 3.66. The van der Waals surface area contributed by atoms with E-state index >= 15 is 0 Å². The third kappa shape index (κ3) is 2.52. The normalized spacial score (nSPS) is 13.7. The SMILES string of the molecule is COc1ccc(-c2cc(C#N)cc3cc4n(c23)CCCNC4=O)cc1. The first-order valence-corrected chi connectivity index (χ1v) is 8.21. The lowest BCUT2D eigenvalue weighted by molar-refractivity contribution is 0.0951. The van der Waals surface area contributed by atoms with Gasteiger partial charge in [0.2, 0.25) is 0 Å². The number of carbonyl (C=O) groups is 1. The first-order valence-electron chi connectivity index (χ1n) is 8.21. The molecule has 1 aromatic heterocycles. The number of ether oxygens (including phenoxy) is 1. The van der Waals surface area contributed by atoms with Crippen molar-refractivity contribution in [2.45, 2.75) is 13.0 Å². The Bertz CT molecular complexity index is 1010. The number of aromatic nitrogens is 1. The van der Waals surface area contributed by atoms with Gasteiger partial charge >= 0.3 is 0 Å². The third-order valence-corrected chi connectivity index (χ3v) is 4.60. The number of nitrogens with one attached hydrogen (secondary N) is 1. The van der Waals surface area contributed by atoms with E-state index < -0.39 is 0 Å². The summed E-state index contributed by atoms with van der Waals surface area (Å²) in [6, 6.07) is 15.6. The Morgan fingerprint density at radius 3 is 2.72 bits per heavy atom. The van der Waals surface area contributed by atoms with Crippen molar-refractivity contribution in [3.63, 3.8) is 0 Å². The number of hydrogen-bond acceptors (Lipinski definition) is 3. The summed E-state index contributed by atoms with van der Waals surface area (Å²) in [6.07, 6.45) is 0.880. The summed E-state index contributed by atoms with van der Waals surface area (Å²) in [5.74, 6) is 0.720. The van der Waals surface area contributed by atoms with Gasteiger partial charge in [-0.3, -0.25) is 4.79 Å². The van der Waals surface area contributed by atoms with Crippen LogP contribution in [0.2, 0.25) is 0 Å². The summed E-state index contributed by atoms with van der Waals surface area (Å²) in [6.45, 7) is 1.45. The summed E-state index contributed by atoms with van der Waals surface area (Å²) in [4.78, 5) is 12.3. The Labute approximate surface area is 145 Å². The van der Waals surface area contributed by atoms with Crippen LogP contribution in [0.5, 0.6) is 5.75 Å². The molecule has 0 atom stereocenters. The monoisotopic (exact) mass is 331 g/mol. The van der Waals surface area contributed by atoms with Crippen LogP contribution in [0.15, 0.2) is 42.5 Å². The number of hydrogen-bond donors (Lipinski definition) is 1. The highest BCUT2D eigenvalue weighted by Gasteiger charge is 2.21. The molecule has 0 saturated carbocycles. The Hall–Kier alpha value is -3.26. The fourth-order valence-electron chi connectivity index (χ4n) is 3.42. The highest BCUT2D eigenvalue weighted by molar-refractivity contribution is 6.03. The molecule has 0 saturated heterocycles. The van der Waals surface area contributed by atoms with Gasteiger partial charge in [0.25, 0.3) is 5.91 Å². The minimum Gasteiger partial charge on any atom is -0.497 e. The maximum Gasteiger partial charge on any atom is 0.267 e. The van der Waals surface area contributed by atoms with Crippen LogP contribution in [0.25, 0.3) is 22.0 Å². The zero-order chi connectivity index (χ0) is 17.4. The number of methoxy groups -OCH3 is 1. The van der Waals surface area contributed by atoms with Crippen molar-refractivity contribution in [3.8, 4) is 22.9 Å². The van der Waals surface area contributed by atoms with Gasteiger partial charge in [-0.2, -0.15) is 5.26 Å². The van der Waals surface area contributed by atoms with Crippen LogP contribution < -0.4 is 10.1 Å². The Balaban J connectivity index is 2.01. The van der Waals surface area contributed by atoms with Crippen molar-refractivity contribution in [1.82, 2.24) is 9.88 Å². The number of aryl methyl sites for hydroxylation is 1. The number of fused-ring (bicyclic) bond motifs is 3. The predicted octanol–water partition coefficient (Wildman–Crippen LogP) is 3.32. The lowest BCUT2D eigenvalue weighted by atomic mass is 10.00. The Morgan fingerprint density at radius 2 is 2.00 bits per heavy atom. The van der Waals surface area contributed by atoms with Gasteiger partial charge in [-0.25, -0.2) is 0 Å². The topological polar surface area (TPSA) is 67.0 Å². The van der Waals surface area contributed by atoms with E-state index in [0.29, 0.717) is 17.8 Å². The van der Waals surface area contributed by atoms with Crippen molar-refractivity contribution < 1.29 is 9.53 Å². The van der Waals surface area contributed by atoms with E-state index in [1.807, 2.05) is 42.5 Å². The number of nitrogens with zero attached hydrogens (tertiary/aromatic N) is 2. The quantitative estimate of drug-likeness (QED) is 0.783. The number of amides is 1. The largest absolute Gasteiger partial charge is 0.497 e. The summed E-state index contributed by atoms with van der Waals surface area (Å²) in [5.41, 5.74) is 4.18. The van der Waals surface area contributed by atoms with E-state index in [0.717, 1.165) is 40.7 Å². The smallest absolute Gasteiger partial charge is 0.267 e. The van der Waals surface area contributed by atoms with E-state index in [1.54, 1.807) is 7.11 Å². The van der Waals surface area contributed by atoms with E-state index in [2.05, 4.69) is 16.0 Å². The van der Waals surface area contributed by atoms with E-state index in [4.69, 9.17) is 4.74 Å². The minimum atomic E-state index is -0.0621. The zero-order valence-electron chi connectivity index (χ0n) is 13.9. The second-order valence-electron chi connectivity index (χ2n) is 6.09. The molecular formula is C20H17N3O2. The van der Waals surface area contributed by atoms with Crippen LogP contribution in [0.3, 0.4) is 0 Å². The summed E-state index contributed by atoms with van der Waals surface area (Å²) in [5, 5.41) is 13.2. The van der Waals surface area contributed by atoms with Crippen molar-refractivity contribution in [3.05, 3.63) is 53.7 Å². The molecule has 0 aliphatic carbocycles. The van der Waals surface area contributed by atoms with Gasteiger partial charge in [-0.15, -0.1) is 0 Å². The molecule has 3 aromatic rings. The molecule has 0 unspecified atom stereocenters. The predicted molar refractivity (Wildman–Crippen MR) is 95.6 cm³/mol. The highest BCUT2D eigenvalue weighted by Crippen LogP contribution is 2.34. The average molecular weight is 331 g/mol. The van der Waals surface area contributed by atoms with Gasteiger partial charge in [-0.1, -0.05) is 12.1 Å². The molecule has 5 nitrogen and oxygen atoms in total. The van der Waals surface area contributed by atoms with Crippen molar-refractivity contribution in [2.75, 3.05) is 13.7 Å². The first-order chi connectivity index (χ1) is 12.2. The van der Waals surface area contributed by atoms with Gasteiger partial charge in [0.15, 0.2) is 0 Å². The van der Waals surface area contributed by atoms with Gasteiger partial charge in [0.05, 0.1) is 24.3 Å². The molecule has 4 rings (SSSR count). The van der Waals surface area contributed by atoms with Crippen molar-refractivity contribution in [2.24, 2.45) is 0 Å². The molecule has 1 aliphatic rings. The molecule has 1 aliphatic heterocycles. The molecule has 124 valence electrons. The van der Waals surface area contributed by atoms with Crippen LogP contribution >= 0.6 is 0 Å². The number of nitriles is 1. The molecule has 2 aromatic carbocycles. The molecule has 0 bridgehead atoms. The molecule has 5 heteroatoms. The molecule has 25 heavy (non-hydrogen) atoms. The van der Waals surface area contributed by atoms with Gasteiger partial charge in [0, 0.05) is 24.0 Å². The zero-order valence-corrected chi connectivity index (χ0v) is 13.9. The van der Waals surface area contributed by atoms with Gasteiger partial charge in [0.1, 0.15) is 11.4 Å². The van der Waals surface area contributed by atoms with E-state index in [9.17, 15) is 10.1 Å². The van der Waals surface area contributed by atoms with Crippen molar-refractivity contribution >= 4 is 16.8 Å². The summed E-state index contributed by atoms with van der Waals surface area (Å²) in [7, 11) is 1.63. The number of rotatable bonds is 2. The van der Waals surface area contributed by atoms with E-state index in [1.165, 1.54) is 0 Å². The molecule has 1 amide bonds. The summed E-state index contributed by atoms with van der Waals surface area (Å²) >= 11 is 0. The third-order valence-electron chi connectivity index (χ3n) is 4.60. The minimum absolute atomic E-state index is 0.0621. The standard InChI is InChI=1S/C20H17N3O2/c1-25-16-5-3-14(4-6-16)17-10-13(12-21)9-15-11-18-20(24)22-7-2-8-23(18)19(15)17/h3-6,9-11H,2,7-8H2,1H3,(H,22,24). The second-order valence-corrected chi connectivity index (χ2v) is 6.09. The number of benzene rings is 2. The van der Waals surface area contributed by atoms with Crippen LogP contribution in [0.1, 0.15) is 22.5 Å². The maximum atomic E-state index is 12.3. The fraction of sp³-hybridized carbons (Fsp3) is 0.200. The molecule has 0 fully saturated rings. The van der Waals surface area contributed by atoms with Gasteiger partial charge in [-0.05, 0) is 42.3 Å². The molecular weight excluding hydrogens is 314 g/mol. The lowest BCUT2D eigenvalue weighted by Crippen LogP contribution is -2.22.